The van der Waals surface area contributed by atoms with Crippen LogP contribution < -0.4 is 26.4 Å². The minimum atomic E-state index is -4.93. The second-order valence-corrected chi connectivity index (χ2v) is 9.10. The molecule has 4 rings (SSSR count). The molecule has 2 atom stereocenters. The quantitative estimate of drug-likeness (QED) is 0.358. The minimum Gasteiger partial charge on any atom is -0.406 e. The Balaban J connectivity index is 1.83. The number of anilines is 1. The van der Waals surface area contributed by atoms with E-state index in [1.54, 1.807) is 26.0 Å². The van der Waals surface area contributed by atoms with Gasteiger partial charge in [-0.15, -0.1) is 13.2 Å². The van der Waals surface area contributed by atoms with Crippen molar-refractivity contribution in [2.45, 2.75) is 37.6 Å². The van der Waals surface area contributed by atoms with Crippen LogP contribution in [-0.4, -0.2) is 45.6 Å². The number of hydrogen-bond donors (Lipinski definition) is 3. The Morgan fingerprint density at radius 1 is 0.900 bits per heavy atom. The summed E-state index contributed by atoms with van der Waals surface area (Å²) >= 11 is 0. The number of aromatic nitrogens is 2. The summed E-state index contributed by atoms with van der Waals surface area (Å²) in [5.74, 6) is -4.52. The summed E-state index contributed by atoms with van der Waals surface area (Å²) in [6.07, 6.45) is -2.26. The van der Waals surface area contributed by atoms with E-state index < -0.39 is 53.2 Å². The standard InChI is InChI=1S/C26H23F3N6O5/c1-13(15-7-9-32-19(11-15)21(30)36)25(14(2)16-8-10-33-20(12-16)22(31)37)23(38)35(24(39)34-25)17-3-5-18(6-4-17)40-26(27,28)29/h3-14H,1-2H3,(H2,30,36)(H2,31,37)(H,34,39). The summed E-state index contributed by atoms with van der Waals surface area (Å²) in [6.45, 7) is 3.30. The zero-order valence-corrected chi connectivity index (χ0v) is 21.1. The molecule has 0 bridgehead atoms. The predicted octanol–water partition coefficient (Wildman–Crippen LogP) is 2.98. The number of nitrogens with zero attached hydrogens (tertiary/aromatic N) is 3. The number of alkyl halides is 3. The van der Waals surface area contributed by atoms with Crippen LogP contribution in [0.2, 0.25) is 0 Å². The van der Waals surface area contributed by atoms with Crippen molar-refractivity contribution in [3.05, 3.63) is 83.4 Å². The van der Waals surface area contributed by atoms with E-state index in [4.69, 9.17) is 11.5 Å². The van der Waals surface area contributed by atoms with Gasteiger partial charge in [-0.25, -0.2) is 9.69 Å². The Morgan fingerprint density at radius 3 is 1.80 bits per heavy atom. The first-order chi connectivity index (χ1) is 18.7. The van der Waals surface area contributed by atoms with Crippen molar-refractivity contribution in [3.63, 3.8) is 0 Å². The number of nitrogens with two attached hydrogens (primary N) is 2. The molecule has 0 saturated carbocycles. The monoisotopic (exact) mass is 556 g/mol. The van der Waals surface area contributed by atoms with E-state index in [9.17, 15) is 32.3 Å². The number of benzene rings is 1. The van der Waals surface area contributed by atoms with Crippen LogP contribution in [0.1, 0.15) is 57.8 Å². The molecule has 40 heavy (non-hydrogen) atoms. The van der Waals surface area contributed by atoms with Crippen molar-refractivity contribution in [1.29, 1.82) is 0 Å². The molecule has 0 aliphatic carbocycles. The van der Waals surface area contributed by atoms with Crippen LogP contribution in [0, 0.1) is 0 Å². The zero-order valence-electron chi connectivity index (χ0n) is 21.1. The van der Waals surface area contributed by atoms with E-state index in [-0.39, 0.29) is 17.1 Å². The van der Waals surface area contributed by atoms with Crippen LogP contribution in [-0.2, 0) is 4.79 Å². The fraction of sp³-hybridized carbons (Fsp3) is 0.231. The maximum absolute atomic E-state index is 14.2. The number of pyridine rings is 2. The van der Waals surface area contributed by atoms with Crippen LogP contribution in [0.4, 0.5) is 23.7 Å². The molecule has 5 N–H and O–H groups in total. The number of hydrogen-bond acceptors (Lipinski definition) is 7. The highest BCUT2D eigenvalue weighted by atomic mass is 19.4. The Morgan fingerprint density at radius 2 is 1.38 bits per heavy atom. The SMILES string of the molecule is CC(c1ccnc(C(N)=O)c1)C1(C(C)c2ccnc(C(N)=O)c2)NC(=O)N(c2ccc(OC(F)(F)F)cc2)C1=O. The van der Waals surface area contributed by atoms with Crippen molar-refractivity contribution in [2.75, 3.05) is 4.90 Å². The first-order valence-electron chi connectivity index (χ1n) is 11.8. The molecule has 0 spiro atoms. The summed E-state index contributed by atoms with van der Waals surface area (Å²) in [7, 11) is 0. The third-order valence-corrected chi connectivity index (χ3v) is 6.84. The van der Waals surface area contributed by atoms with Gasteiger partial charge < -0.3 is 21.5 Å². The van der Waals surface area contributed by atoms with E-state index in [1.807, 2.05) is 0 Å². The van der Waals surface area contributed by atoms with Gasteiger partial charge in [0.2, 0.25) is 0 Å². The second kappa shape index (κ2) is 10.3. The molecule has 1 saturated heterocycles. The van der Waals surface area contributed by atoms with E-state index >= 15 is 0 Å². The predicted molar refractivity (Wildman–Crippen MR) is 134 cm³/mol. The summed E-state index contributed by atoms with van der Waals surface area (Å²) in [4.78, 5) is 59.8. The van der Waals surface area contributed by atoms with Crippen LogP contribution in [0.5, 0.6) is 5.75 Å². The van der Waals surface area contributed by atoms with Gasteiger partial charge in [-0.2, -0.15) is 0 Å². The molecule has 0 radical (unpaired) electrons. The number of imide groups is 1. The molecule has 3 aromatic rings. The Kier molecular flexibility index (Phi) is 7.20. The molecular formula is C26H23F3N6O5. The summed E-state index contributed by atoms with van der Waals surface area (Å²) < 4.78 is 41.7. The van der Waals surface area contributed by atoms with Gasteiger partial charge in [-0.3, -0.25) is 24.4 Å². The molecule has 11 nitrogen and oxygen atoms in total. The molecule has 1 fully saturated rings. The molecule has 1 aliphatic rings. The lowest BCUT2D eigenvalue weighted by molar-refractivity contribution is -0.274. The number of nitrogens with one attached hydrogen (secondary N) is 1. The molecule has 1 aromatic carbocycles. The van der Waals surface area contributed by atoms with Crippen molar-refractivity contribution in [2.24, 2.45) is 11.5 Å². The van der Waals surface area contributed by atoms with Gasteiger partial charge in [0.1, 0.15) is 22.7 Å². The van der Waals surface area contributed by atoms with Gasteiger partial charge >= 0.3 is 12.4 Å². The van der Waals surface area contributed by atoms with E-state index in [0.29, 0.717) is 11.1 Å². The first kappa shape index (κ1) is 28.0. The Bertz CT molecular complexity index is 1430. The zero-order chi connectivity index (χ0) is 29.4. The molecular weight excluding hydrogens is 533 g/mol. The summed E-state index contributed by atoms with van der Waals surface area (Å²) in [6, 6.07) is 9.28. The maximum Gasteiger partial charge on any atom is 0.573 e. The third-order valence-electron chi connectivity index (χ3n) is 6.84. The fourth-order valence-electron chi connectivity index (χ4n) is 4.78. The van der Waals surface area contributed by atoms with Gasteiger partial charge in [0, 0.05) is 24.2 Å². The van der Waals surface area contributed by atoms with Gasteiger partial charge in [-0.1, -0.05) is 13.8 Å². The number of urea groups is 1. The molecule has 3 heterocycles. The highest BCUT2D eigenvalue weighted by Crippen LogP contribution is 2.45. The number of halogens is 3. The van der Waals surface area contributed by atoms with Gasteiger partial charge in [-0.05, 0) is 59.7 Å². The highest BCUT2D eigenvalue weighted by molar-refractivity contribution is 6.24. The van der Waals surface area contributed by atoms with Gasteiger partial charge in [0.25, 0.3) is 17.7 Å². The summed E-state index contributed by atoms with van der Waals surface area (Å²) in [5.41, 5.74) is 9.77. The average Bonchev–Trinajstić information content (AvgIpc) is 3.18. The van der Waals surface area contributed by atoms with Crippen molar-refractivity contribution < 1.29 is 37.1 Å². The minimum absolute atomic E-state index is 0.0154. The van der Waals surface area contributed by atoms with E-state index in [2.05, 4.69) is 20.0 Å². The molecule has 5 amide bonds. The lowest BCUT2D eigenvalue weighted by Crippen LogP contribution is -2.55. The van der Waals surface area contributed by atoms with Gasteiger partial charge in [0.05, 0.1) is 5.69 Å². The van der Waals surface area contributed by atoms with Crippen LogP contribution in [0.15, 0.2) is 60.9 Å². The average molecular weight is 557 g/mol. The molecule has 208 valence electrons. The van der Waals surface area contributed by atoms with E-state index in [1.165, 1.54) is 24.5 Å². The number of carbonyl (C=O) groups is 4. The number of carbonyl (C=O) groups excluding carboxylic acids is 4. The lowest BCUT2D eigenvalue weighted by Gasteiger charge is -2.39. The van der Waals surface area contributed by atoms with E-state index in [0.717, 1.165) is 29.2 Å². The Hall–Kier alpha value is -5.01. The molecule has 14 heteroatoms. The van der Waals surface area contributed by atoms with Crippen molar-refractivity contribution in [3.8, 4) is 5.75 Å². The second-order valence-electron chi connectivity index (χ2n) is 9.10. The lowest BCUT2D eigenvalue weighted by atomic mass is 9.69. The highest BCUT2D eigenvalue weighted by Gasteiger charge is 2.58. The van der Waals surface area contributed by atoms with Crippen molar-refractivity contribution in [1.82, 2.24) is 15.3 Å². The largest absolute Gasteiger partial charge is 0.573 e. The number of ether oxygens (including phenoxy) is 1. The topological polar surface area (TPSA) is 171 Å². The van der Waals surface area contributed by atoms with Crippen molar-refractivity contribution >= 4 is 29.4 Å². The summed E-state index contributed by atoms with van der Waals surface area (Å²) in [5, 5.41) is 2.77. The van der Waals surface area contributed by atoms with Crippen LogP contribution in [0.25, 0.3) is 0 Å². The molecule has 2 aromatic heterocycles. The van der Waals surface area contributed by atoms with Crippen LogP contribution in [0.3, 0.4) is 0 Å². The fourth-order valence-corrected chi connectivity index (χ4v) is 4.78. The van der Waals surface area contributed by atoms with Gasteiger partial charge in [0.15, 0.2) is 0 Å². The third kappa shape index (κ3) is 5.15. The molecule has 1 aliphatic heterocycles. The number of rotatable bonds is 8. The maximum atomic E-state index is 14.2. The molecule has 2 unspecified atom stereocenters. The normalized spacial score (nSPS) is 18.7. The number of primary amides is 2. The van der Waals surface area contributed by atoms with Crippen LogP contribution >= 0.6 is 0 Å². The smallest absolute Gasteiger partial charge is 0.406 e. The number of amides is 5. The Labute approximate surface area is 225 Å². The first-order valence-corrected chi connectivity index (χ1v) is 11.8.